The summed E-state index contributed by atoms with van der Waals surface area (Å²) in [5.41, 5.74) is 7.59. The lowest BCUT2D eigenvalue weighted by atomic mass is 9.85. The average molecular weight is 613 g/mol. The summed E-state index contributed by atoms with van der Waals surface area (Å²) in [6, 6.07) is 62.8. The topological polar surface area (TPSA) is 0 Å². The van der Waals surface area contributed by atoms with Crippen LogP contribution in [0.3, 0.4) is 0 Å². The molecule has 0 saturated heterocycles. The van der Waals surface area contributed by atoms with Crippen LogP contribution in [-0.2, 0) is 0 Å². The van der Waals surface area contributed by atoms with Crippen LogP contribution < -0.4 is 0 Å². The third-order valence-electron chi connectivity index (χ3n) is 9.79. The van der Waals surface area contributed by atoms with Crippen molar-refractivity contribution in [1.29, 1.82) is 0 Å². The van der Waals surface area contributed by atoms with Gasteiger partial charge in [0.05, 0.1) is 0 Å². The van der Waals surface area contributed by atoms with E-state index in [-0.39, 0.29) is 0 Å². The molecule has 0 unspecified atom stereocenters. The fourth-order valence-electron chi connectivity index (χ4n) is 7.58. The lowest BCUT2D eigenvalue weighted by Crippen LogP contribution is -1.91. The minimum atomic E-state index is 1.24. The number of rotatable bonds is 3. The summed E-state index contributed by atoms with van der Waals surface area (Å²) < 4.78 is 2.67. The van der Waals surface area contributed by atoms with Gasteiger partial charge in [-0.1, -0.05) is 133 Å². The van der Waals surface area contributed by atoms with Crippen molar-refractivity contribution in [3.8, 4) is 33.4 Å². The van der Waals surface area contributed by atoms with E-state index in [0.29, 0.717) is 0 Å². The zero-order chi connectivity index (χ0) is 30.9. The van der Waals surface area contributed by atoms with E-state index in [0.717, 1.165) is 0 Å². The molecule has 10 aromatic rings. The Bertz CT molecular complexity index is 2780. The first-order valence-corrected chi connectivity index (χ1v) is 17.0. The van der Waals surface area contributed by atoms with Crippen LogP contribution in [0.5, 0.6) is 0 Å². The average Bonchev–Trinajstić information content (AvgIpc) is 3.49. The summed E-state index contributed by atoms with van der Waals surface area (Å²) in [4.78, 5) is 0. The minimum Gasteiger partial charge on any atom is -0.135 e. The highest BCUT2D eigenvalue weighted by Crippen LogP contribution is 2.46. The molecule has 47 heavy (non-hydrogen) atoms. The third-order valence-corrected chi connectivity index (χ3v) is 10.9. The Morgan fingerprint density at radius 3 is 1.38 bits per heavy atom. The van der Waals surface area contributed by atoms with Gasteiger partial charge in [0, 0.05) is 20.2 Å². The van der Waals surface area contributed by atoms with Gasteiger partial charge >= 0.3 is 0 Å². The standard InChI is InChI=1S/C46H28S/c1-2-10-29(11-3-1)32-18-19-34-25-35(21-20-33(34)24-32)45-37-14-6-8-16-39(37)46(40-17-9-7-15-38(40)45)36-22-23-43-41(27-36)42-26-30-12-4-5-13-31(30)28-44(42)47-43/h1-28H. The van der Waals surface area contributed by atoms with Crippen LogP contribution in [0.1, 0.15) is 0 Å². The maximum Gasteiger partial charge on any atom is 0.0361 e. The first kappa shape index (κ1) is 26.5. The van der Waals surface area contributed by atoms with Crippen molar-refractivity contribution >= 4 is 74.6 Å². The van der Waals surface area contributed by atoms with Crippen molar-refractivity contribution in [2.75, 3.05) is 0 Å². The number of thiophene rings is 1. The van der Waals surface area contributed by atoms with Crippen molar-refractivity contribution in [2.24, 2.45) is 0 Å². The van der Waals surface area contributed by atoms with E-state index in [9.17, 15) is 0 Å². The van der Waals surface area contributed by atoms with Gasteiger partial charge in [0.15, 0.2) is 0 Å². The second kappa shape index (κ2) is 10.4. The molecular formula is C46H28S. The van der Waals surface area contributed by atoms with Crippen LogP contribution in [-0.4, -0.2) is 0 Å². The maximum absolute atomic E-state index is 2.43. The predicted octanol–water partition coefficient (Wildman–Crippen LogP) is 13.7. The molecule has 0 bridgehead atoms. The lowest BCUT2D eigenvalue weighted by Gasteiger charge is -2.18. The predicted molar refractivity (Wildman–Crippen MR) is 206 cm³/mol. The Kier molecular flexibility index (Phi) is 5.85. The molecule has 0 saturated carbocycles. The molecule has 0 nitrogen and oxygen atoms in total. The molecule has 1 heteroatoms. The zero-order valence-corrected chi connectivity index (χ0v) is 26.4. The van der Waals surface area contributed by atoms with Gasteiger partial charge in [-0.2, -0.15) is 0 Å². The van der Waals surface area contributed by atoms with Crippen LogP contribution in [0.4, 0.5) is 0 Å². The quantitative estimate of drug-likeness (QED) is 0.174. The van der Waals surface area contributed by atoms with E-state index in [1.54, 1.807) is 0 Å². The van der Waals surface area contributed by atoms with Crippen LogP contribution in [0.15, 0.2) is 170 Å². The number of hydrogen-bond acceptors (Lipinski definition) is 1. The summed E-state index contributed by atoms with van der Waals surface area (Å²) in [5.74, 6) is 0. The van der Waals surface area contributed by atoms with Gasteiger partial charge in [0.25, 0.3) is 0 Å². The highest BCUT2D eigenvalue weighted by molar-refractivity contribution is 7.25. The summed E-state index contributed by atoms with van der Waals surface area (Å²) in [5, 5.41) is 12.9. The van der Waals surface area contributed by atoms with Gasteiger partial charge in [-0.25, -0.2) is 0 Å². The minimum absolute atomic E-state index is 1.24. The molecule has 0 radical (unpaired) electrons. The molecule has 0 aliphatic carbocycles. The second-order valence-corrected chi connectivity index (χ2v) is 13.6. The number of fused-ring (bicyclic) bond motifs is 7. The van der Waals surface area contributed by atoms with Crippen molar-refractivity contribution in [3.05, 3.63) is 170 Å². The Hall–Kier alpha value is -5.76. The Balaban J connectivity index is 1.20. The van der Waals surface area contributed by atoms with Crippen LogP contribution in [0.2, 0.25) is 0 Å². The van der Waals surface area contributed by atoms with Gasteiger partial charge in [0.2, 0.25) is 0 Å². The van der Waals surface area contributed by atoms with E-state index in [1.807, 2.05) is 11.3 Å². The first-order valence-electron chi connectivity index (χ1n) is 16.2. The molecule has 1 aromatic heterocycles. The maximum atomic E-state index is 2.43. The molecule has 0 fully saturated rings. The highest BCUT2D eigenvalue weighted by Gasteiger charge is 2.18. The Morgan fingerprint density at radius 1 is 0.255 bits per heavy atom. The summed E-state index contributed by atoms with van der Waals surface area (Å²) in [7, 11) is 0. The second-order valence-electron chi connectivity index (χ2n) is 12.5. The van der Waals surface area contributed by atoms with Crippen molar-refractivity contribution in [1.82, 2.24) is 0 Å². The molecule has 0 aliphatic heterocycles. The smallest absolute Gasteiger partial charge is 0.0361 e. The fourth-order valence-corrected chi connectivity index (χ4v) is 8.70. The molecule has 9 aromatic carbocycles. The third kappa shape index (κ3) is 4.21. The summed E-state index contributed by atoms with van der Waals surface area (Å²) >= 11 is 1.89. The SMILES string of the molecule is c1ccc(-c2ccc3cc(-c4c5ccccc5c(-c5ccc6sc7cc8ccccc8cc7c6c5)c5ccccc45)ccc3c2)cc1. The van der Waals surface area contributed by atoms with Gasteiger partial charge in [0.1, 0.15) is 0 Å². The monoisotopic (exact) mass is 612 g/mol. The summed E-state index contributed by atoms with van der Waals surface area (Å²) in [6.07, 6.45) is 0. The van der Waals surface area contributed by atoms with Crippen LogP contribution in [0, 0.1) is 0 Å². The van der Waals surface area contributed by atoms with Gasteiger partial charge < -0.3 is 0 Å². The number of benzene rings is 9. The molecule has 0 N–H and O–H groups in total. The first-order chi connectivity index (χ1) is 23.3. The fraction of sp³-hybridized carbons (Fsp3) is 0. The molecule has 0 amide bonds. The molecule has 0 aliphatic rings. The lowest BCUT2D eigenvalue weighted by molar-refractivity contribution is 1.64. The Labute approximate surface area is 276 Å². The highest BCUT2D eigenvalue weighted by atomic mass is 32.1. The zero-order valence-electron chi connectivity index (χ0n) is 25.6. The van der Waals surface area contributed by atoms with E-state index in [2.05, 4.69) is 170 Å². The molecule has 10 rings (SSSR count). The molecule has 1 heterocycles. The number of hydrogen-bond donors (Lipinski definition) is 0. The summed E-state index contributed by atoms with van der Waals surface area (Å²) in [6.45, 7) is 0. The van der Waals surface area contributed by atoms with Gasteiger partial charge in [-0.15, -0.1) is 11.3 Å². The molecule has 0 spiro atoms. The van der Waals surface area contributed by atoms with Crippen molar-refractivity contribution in [3.63, 3.8) is 0 Å². The van der Waals surface area contributed by atoms with Gasteiger partial charge in [-0.05, 0) is 113 Å². The normalized spacial score (nSPS) is 11.8. The Morgan fingerprint density at radius 2 is 0.723 bits per heavy atom. The molecule has 0 atom stereocenters. The van der Waals surface area contributed by atoms with E-state index >= 15 is 0 Å². The molecular weight excluding hydrogens is 585 g/mol. The molecule has 218 valence electrons. The van der Waals surface area contributed by atoms with Crippen LogP contribution in [0.25, 0.3) is 96.6 Å². The van der Waals surface area contributed by atoms with E-state index in [4.69, 9.17) is 0 Å². The van der Waals surface area contributed by atoms with Crippen molar-refractivity contribution in [2.45, 2.75) is 0 Å². The van der Waals surface area contributed by atoms with E-state index in [1.165, 1.54) is 96.6 Å². The van der Waals surface area contributed by atoms with Gasteiger partial charge in [-0.3, -0.25) is 0 Å². The van der Waals surface area contributed by atoms with E-state index < -0.39 is 0 Å². The van der Waals surface area contributed by atoms with Crippen LogP contribution >= 0.6 is 11.3 Å². The largest absolute Gasteiger partial charge is 0.135 e. The van der Waals surface area contributed by atoms with Crippen molar-refractivity contribution < 1.29 is 0 Å².